The normalized spacial score (nSPS) is 35.8. The van der Waals surface area contributed by atoms with Crippen molar-refractivity contribution in [2.45, 2.75) is 62.9 Å². The van der Waals surface area contributed by atoms with Crippen molar-refractivity contribution in [1.82, 2.24) is 10.2 Å². The van der Waals surface area contributed by atoms with E-state index < -0.39 is 35.6 Å². The van der Waals surface area contributed by atoms with E-state index in [1.165, 1.54) is 5.56 Å². The van der Waals surface area contributed by atoms with Gasteiger partial charge in [0.2, 0.25) is 11.8 Å². The van der Waals surface area contributed by atoms with Gasteiger partial charge in [-0.15, -0.1) is 0 Å². The standard InChI is InChI=1S/C28H30N2O5/c1-16(10-11-18-7-4-3-5-8-18)29-26(32)23-22-12-13-28(35-22)24(23)27(33)30-19(21-9-6-14-34-21)15-20(31)17(2)25(28)30/h3-9,12-14,16-17,19,22-25H,10-11,15H2,1-2H3,(H,29,32)/t16-,17-,19+,22+,23+,24-,25+,28-/m0/s1. The van der Waals surface area contributed by atoms with Crippen molar-refractivity contribution in [3.63, 3.8) is 0 Å². The summed E-state index contributed by atoms with van der Waals surface area (Å²) in [6.07, 6.45) is 6.80. The lowest BCUT2D eigenvalue weighted by molar-refractivity contribution is -0.148. The zero-order valence-corrected chi connectivity index (χ0v) is 19.9. The van der Waals surface area contributed by atoms with Crippen LogP contribution in [0.3, 0.4) is 0 Å². The van der Waals surface area contributed by atoms with Crippen LogP contribution >= 0.6 is 0 Å². The Labute approximate surface area is 204 Å². The van der Waals surface area contributed by atoms with Gasteiger partial charge in [0.1, 0.15) is 17.1 Å². The summed E-state index contributed by atoms with van der Waals surface area (Å²) < 4.78 is 12.1. The number of amides is 2. The van der Waals surface area contributed by atoms with Crippen LogP contribution in [0.1, 0.15) is 44.1 Å². The minimum Gasteiger partial charge on any atom is -0.467 e. The first-order valence-corrected chi connectivity index (χ1v) is 12.5. The predicted octanol–water partition coefficient (Wildman–Crippen LogP) is 3.22. The molecule has 6 rings (SSSR count). The topological polar surface area (TPSA) is 88.9 Å². The Morgan fingerprint density at radius 3 is 2.74 bits per heavy atom. The molecule has 2 aromatic rings. The second-order valence-corrected chi connectivity index (χ2v) is 10.4. The quantitative estimate of drug-likeness (QED) is 0.650. The van der Waals surface area contributed by atoms with E-state index in [1.807, 2.05) is 44.2 Å². The number of hydrogen-bond acceptors (Lipinski definition) is 5. The largest absolute Gasteiger partial charge is 0.467 e. The summed E-state index contributed by atoms with van der Waals surface area (Å²) in [5, 5.41) is 3.14. The van der Waals surface area contributed by atoms with Crippen molar-refractivity contribution >= 4 is 17.6 Å². The van der Waals surface area contributed by atoms with E-state index in [2.05, 4.69) is 17.4 Å². The smallest absolute Gasteiger partial charge is 0.230 e. The van der Waals surface area contributed by atoms with Gasteiger partial charge in [-0.05, 0) is 37.5 Å². The number of fused-ring (bicyclic) bond motifs is 2. The first-order chi connectivity index (χ1) is 16.9. The second-order valence-electron chi connectivity index (χ2n) is 10.4. The number of rotatable bonds is 6. The molecule has 4 aliphatic heterocycles. The summed E-state index contributed by atoms with van der Waals surface area (Å²) in [5.74, 6) is -1.25. The highest BCUT2D eigenvalue weighted by Crippen LogP contribution is 2.59. The summed E-state index contributed by atoms with van der Waals surface area (Å²) in [6, 6.07) is 12.8. The number of Topliss-reactive ketones (excluding diaryl/α,β-unsaturated/α-hetero) is 1. The summed E-state index contributed by atoms with van der Waals surface area (Å²) >= 11 is 0. The Morgan fingerprint density at radius 1 is 1.20 bits per heavy atom. The van der Waals surface area contributed by atoms with Crippen molar-refractivity contribution in [3.8, 4) is 0 Å². The van der Waals surface area contributed by atoms with Crippen LogP contribution in [0.4, 0.5) is 0 Å². The molecule has 0 saturated carbocycles. The van der Waals surface area contributed by atoms with E-state index in [0.29, 0.717) is 5.76 Å². The van der Waals surface area contributed by atoms with Gasteiger partial charge in [-0.3, -0.25) is 14.4 Å². The monoisotopic (exact) mass is 474 g/mol. The van der Waals surface area contributed by atoms with Gasteiger partial charge < -0.3 is 19.4 Å². The Morgan fingerprint density at radius 2 is 2.00 bits per heavy atom. The van der Waals surface area contributed by atoms with Crippen LogP contribution in [0.15, 0.2) is 65.3 Å². The van der Waals surface area contributed by atoms with Gasteiger partial charge in [-0.2, -0.15) is 0 Å². The molecule has 7 heteroatoms. The predicted molar refractivity (Wildman–Crippen MR) is 127 cm³/mol. The SMILES string of the molecule is C[C@@H](CCc1ccccc1)NC(=O)[C@H]1[C@H]2C(=O)N3[C@@H](c4ccco4)CC(=O)[C@H](C)[C@@H]3[C@]23C=C[C@H]1O3. The number of carbonyl (C=O) groups excluding carboxylic acids is 3. The van der Waals surface area contributed by atoms with Gasteiger partial charge in [-0.25, -0.2) is 0 Å². The van der Waals surface area contributed by atoms with Crippen molar-refractivity contribution in [3.05, 3.63) is 72.2 Å². The molecule has 7 nitrogen and oxygen atoms in total. The van der Waals surface area contributed by atoms with Crippen LogP contribution in [0.2, 0.25) is 0 Å². The number of hydrogen-bond donors (Lipinski definition) is 1. The average Bonchev–Trinajstić information content (AvgIpc) is 3.63. The zero-order valence-electron chi connectivity index (χ0n) is 19.9. The Bertz CT molecular complexity index is 1180. The van der Waals surface area contributed by atoms with Gasteiger partial charge in [0.05, 0.1) is 36.3 Å². The summed E-state index contributed by atoms with van der Waals surface area (Å²) in [6.45, 7) is 3.86. The number of ether oxygens (including phenoxy) is 1. The Balaban J connectivity index is 1.25. The first-order valence-electron chi connectivity index (χ1n) is 12.5. The third kappa shape index (κ3) is 3.32. The van der Waals surface area contributed by atoms with Gasteiger partial charge >= 0.3 is 0 Å². The lowest BCUT2D eigenvalue weighted by Crippen LogP contribution is -2.55. The number of benzene rings is 1. The fraction of sp³-hybridized carbons (Fsp3) is 0.464. The van der Waals surface area contributed by atoms with Crippen molar-refractivity contribution in [2.24, 2.45) is 17.8 Å². The highest BCUT2D eigenvalue weighted by Gasteiger charge is 2.74. The lowest BCUT2D eigenvalue weighted by atomic mass is 9.70. The zero-order chi connectivity index (χ0) is 24.3. The van der Waals surface area contributed by atoms with Crippen LogP contribution in [0, 0.1) is 17.8 Å². The van der Waals surface area contributed by atoms with Crippen molar-refractivity contribution in [2.75, 3.05) is 0 Å². The second kappa shape index (κ2) is 8.19. The van der Waals surface area contributed by atoms with E-state index in [-0.39, 0.29) is 36.0 Å². The molecular weight excluding hydrogens is 444 g/mol. The fourth-order valence-electron chi connectivity index (χ4n) is 6.70. The third-order valence-electron chi connectivity index (χ3n) is 8.35. The molecule has 2 amide bonds. The molecule has 0 aliphatic carbocycles. The van der Waals surface area contributed by atoms with E-state index in [0.717, 1.165) is 12.8 Å². The minimum absolute atomic E-state index is 0.0442. The molecule has 3 saturated heterocycles. The average molecular weight is 475 g/mol. The van der Waals surface area contributed by atoms with E-state index in [4.69, 9.17) is 9.15 Å². The van der Waals surface area contributed by atoms with Crippen LogP contribution in [-0.4, -0.2) is 46.3 Å². The summed E-state index contributed by atoms with van der Waals surface area (Å²) in [4.78, 5) is 42.3. The van der Waals surface area contributed by atoms with Gasteiger partial charge in [0.25, 0.3) is 0 Å². The van der Waals surface area contributed by atoms with Gasteiger partial charge in [-0.1, -0.05) is 49.4 Å². The Hall–Kier alpha value is -3.19. The highest BCUT2D eigenvalue weighted by atomic mass is 16.5. The molecule has 3 fully saturated rings. The molecule has 1 N–H and O–H groups in total. The Kier molecular flexibility index (Phi) is 5.22. The van der Waals surface area contributed by atoms with Crippen LogP contribution in [-0.2, 0) is 25.5 Å². The van der Waals surface area contributed by atoms with Crippen LogP contribution in [0.5, 0.6) is 0 Å². The van der Waals surface area contributed by atoms with E-state index in [1.54, 1.807) is 23.3 Å². The fourth-order valence-corrected chi connectivity index (χ4v) is 6.70. The highest BCUT2D eigenvalue weighted by molar-refractivity contribution is 5.96. The molecule has 0 radical (unpaired) electrons. The molecule has 5 heterocycles. The molecule has 2 bridgehead atoms. The maximum atomic E-state index is 14.0. The molecule has 35 heavy (non-hydrogen) atoms. The molecule has 8 atom stereocenters. The molecule has 0 unspecified atom stereocenters. The lowest BCUT2D eigenvalue weighted by Gasteiger charge is -2.43. The van der Waals surface area contributed by atoms with Gasteiger partial charge in [0.15, 0.2) is 0 Å². The molecule has 1 spiro atoms. The van der Waals surface area contributed by atoms with Crippen LogP contribution in [0.25, 0.3) is 0 Å². The van der Waals surface area contributed by atoms with E-state index in [9.17, 15) is 14.4 Å². The summed E-state index contributed by atoms with van der Waals surface area (Å²) in [7, 11) is 0. The molecule has 1 aromatic carbocycles. The minimum atomic E-state index is -0.961. The van der Waals surface area contributed by atoms with Crippen molar-refractivity contribution in [1.29, 1.82) is 0 Å². The number of piperidine rings is 1. The number of nitrogens with one attached hydrogen (secondary N) is 1. The first kappa shape index (κ1) is 22.3. The molecule has 1 aromatic heterocycles. The third-order valence-corrected chi connectivity index (χ3v) is 8.35. The number of ketones is 1. The van der Waals surface area contributed by atoms with Gasteiger partial charge in [0, 0.05) is 18.4 Å². The van der Waals surface area contributed by atoms with Crippen LogP contribution < -0.4 is 5.32 Å². The maximum Gasteiger partial charge on any atom is 0.230 e. The number of aryl methyl sites for hydroxylation is 1. The molecule has 182 valence electrons. The van der Waals surface area contributed by atoms with Crippen molar-refractivity contribution < 1.29 is 23.5 Å². The number of furan rings is 1. The molecule has 4 aliphatic rings. The number of carbonyl (C=O) groups is 3. The maximum absolute atomic E-state index is 14.0. The molecular formula is C28H30N2O5. The van der Waals surface area contributed by atoms with E-state index >= 15 is 0 Å². The number of nitrogens with zero attached hydrogens (tertiary/aromatic N) is 1. The summed E-state index contributed by atoms with van der Waals surface area (Å²) in [5.41, 5.74) is 0.265.